The fourth-order valence-corrected chi connectivity index (χ4v) is 4.38. The van der Waals surface area contributed by atoms with E-state index < -0.39 is 0 Å². The summed E-state index contributed by atoms with van der Waals surface area (Å²) in [5.74, 6) is 3.08. The first-order chi connectivity index (χ1) is 13.8. The molecule has 1 aliphatic rings. The summed E-state index contributed by atoms with van der Waals surface area (Å²) in [5.41, 5.74) is 3.72. The van der Waals surface area contributed by atoms with E-state index in [9.17, 15) is 0 Å². The minimum absolute atomic E-state index is 0.438. The molecule has 0 unspecified atom stereocenters. The van der Waals surface area contributed by atoms with Gasteiger partial charge < -0.3 is 15.0 Å². The molecule has 0 saturated heterocycles. The first-order valence-electron chi connectivity index (χ1n) is 9.87. The Balaban J connectivity index is 1.75. The highest BCUT2D eigenvalue weighted by Crippen LogP contribution is 2.37. The number of ether oxygens (including phenoxy) is 1. The van der Waals surface area contributed by atoms with E-state index in [4.69, 9.17) is 9.72 Å². The Morgan fingerprint density at radius 3 is 2.86 bits per heavy atom. The summed E-state index contributed by atoms with van der Waals surface area (Å²) in [6.45, 7) is 0. The number of nitrogens with zero attached hydrogens (tertiary/aromatic N) is 4. The lowest BCUT2D eigenvalue weighted by molar-refractivity contribution is 0.419. The third kappa shape index (κ3) is 2.61. The van der Waals surface area contributed by atoms with Crippen LogP contribution in [-0.4, -0.2) is 38.7 Å². The molecule has 1 aliphatic carbocycles. The summed E-state index contributed by atoms with van der Waals surface area (Å²) in [4.78, 5) is 13.0. The molecule has 0 radical (unpaired) electrons. The normalized spacial score (nSPS) is 15.4. The van der Waals surface area contributed by atoms with Gasteiger partial charge in [0.15, 0.2) is 5.82 Å². The van der Waals surface area contributed by atoms with Crippen molar-refractivity contribution in [1.82, 2.24) is 24.6 Å². The van der Waals surface area contributed by atoms with Crippen molar-refractivity contribution in [3.8, 4) is 17.1 Å². The predicted octanol–water partition coefficient (Wildman–Crippen LogP) is 4.37. The maximum absolute atomic E-state index is 5.52. The van der Waals surface area contributed by atoms with Gasteiger partial charge in [0, 0.05) is 18.4 Å². The number of H-pyrrole nitrogens is 1. The lowest BCUT2D eigenvalue weighted by atomic mass is 9.89. The average molecular weight is 376 g/mol. The van der Waals surface area contributed by atoms with E-state index in [1.165, 1.54) is 19.3 Å². The molecule has 0 amide bonds. The Labute approximate surface area is 163 Å². The zero-order valence-electron chi connectivity index (χ0n) is 16.2. The van der Waals surface area contributed by atoms with Crippen LogP contribution in [0.2, 0.25) is 0 Å². The molecule has 7 heteroatoms. The fourth-order valence-electron chi connectivity index (χ4n) is 4.38. The Bertz CT molecular complexity index is 1140. The van der Waals surface area contributed by atoms with Crippen LogP contribution in [-0.2, 0) is 0 Å². The maximum atomic E-state index is 5.52. The Morgan fingerprint density at radius 1 is 1.21 bits per heavy atom. The number of fused-ring (bicyclic) bond motifs is 2. The molecule has 1 fully saturated rings. The van der Waals surface area contributed by atoms with E-state index in [1.54, 1.807) is 13.4 Å². The monoisotopic (exact) mass is 376 g/mol. The van der Waals surface area contributed by atoms with Gasteiger partial charge in [-0.05, 0) is 25.0 Å². The fraction of sp³-hybridized carbons (Fsp3) is 0.381. The number of rotatable bonds is 4. The van der Waals surface area contributed by atoms with Crippen molar-refractivity contribution in [2.24, 2.45) is 0 Å². The van der Waals surface area contributed by atoms with E-state index in [0.717, 1.165) is 58.0 Å². The van der Waals surface area contributed by atoms with Gasteiger partial charge in [-0.1, -0.05) is 31.4 Å². The molecular formula is C21H24N6O. The summed E-state index contributed by atoms with van der Waals surface area (Å²) in [7, 11) is 3.57. The first-order valence-corrected chi connectivity index (χ1v) is 9.87. The van der Waals surface area contributed by atoms with Crippen LogP contribution in [0.1, 0.15) is 43.8 Å². The van der Waals surface area contributed by atoms with E-state index in [-0.39, 0.29) is 0 Å². The molecule has 4 aromatic rings. The van der Waals surface area contributed by atoms with Crippen molar-refractivity contribution in [2.45, 2.75) is 38.0 Å². The number of imidazole rings is 1. The van der Waals surface area contributed by atoms with Crippen LogP contribution >= 0.6 is 0 Å². The van der Waals surface area contributed by atoms with Crippen LogP contribution in [0.15, 0.2) is 30.6 Å². The van der Waals surface area contributed by atoms with Gasteiger partial charge in [-0.15, -0.1) is 0 Å². The number of methoxy groups -OCH3 is 1. The number of para-hydroxylation sites is 1. The summed E-state index contributed by atoms with van der Waals surface area (Å²) >= 11 is 0. The summed E-state index contributed by atoms with van der Waals surface area (Å²) in [6, 6.07) is 8.16. The highest BCUT2D eigenvalue weighted by atomic mass is 16.5. The second kappa shape index (κ2) is 6.82. The van der Waals surface area contributed by atoms with Crippen LogP contribution in [0, 0.1) is 0 Å². The second-order valence-corrected chi connectivity index (χ2v) is 7.38. The number of hydrogen-bond acceptors (Lipinski definition) is 5. The topological polar surface area (TPSA) is 80.1 Å². The molecule has 7 nitrogen and oxygen atoms in total. The summed E-state index contributed by atoms with van der Waals surface area (Å²) in [5, 5.41) is 8.86. The van der Waals surface area contributed by atoms with Crippen LogP contribution < -0.4 is 10.1 Å². The third-order valence-corrected chi connectivity index (χ3v) is 5.76. The molecule has 0 atom stereocenters. The van der Waals surface area contributed by atoms with Gasteiger partial charge in [0.1, 0.15) is 29.1 Å². The summed E-state index contributed by atoms with van der Waals surface area (Å²) in [6.07, 6.45) is 7.75. The summed E-state index contributed by atoms with van der Waals surface area (Å²) < 4.78 is 7.49. The van der Waals surface area contributed by atoms with Gasteiger partial charge >= 0.3 is 0 Å². The Morgan fingerprint density at radius 2 is 2.07 bits per heavy atom. The number of aromatic nitrogens is 5. The van der Waals surface area contributed by atoms with Crippen molar-refractivity contribution in [2.75, 3.05) is 19.5 Å². The van der Waals surface area contributed by atoms with Crippen LogP contribution in [0.4, 0.5) is 5.82 Å². The predicted molar refractivity (Wildman–Crippen MR) is 110 cm³/mol. The molecule has 2 N–H and O–H groups in total. The standard InChI is InChI=1S/C21H24N6O/c1-22-20-19-18(15-11-14-9-6-10-16(28-2)17(14)25-15)26-21(27(19)24-12-23-20)13-7-4-3-5-8-13/h6,9-13,25H,3-5,7-8H2,1-2H3,(H,22,23,24). The molecule has 3 heterocycles. The van der Waals surface area contributed by atoms with Gasteiger partial charge in [0.05, 0.1) is 18.3 Å². The quantitative estimate of drug-likeness (QED) is 0.553. The molecule has 0 bridgehead atoms. The molecule has 1 aromatic carbocycles. The van der Waals surface area contributed by atoms with Crippen molar-refractivity contribution >= 4 is 22.2 Å². The van der Waals surface area contributed by atoms with Gasteiger partial charge in [-0.3, -0.25) is 0 Å². The lowest BCUT2D eigenvalue weighted by Crippen LogP contribution is -2.10. The van der Waals surface area contributed by atoms with Crippen molar-refractivity contribution in [3.05, 3.63) is 36.4 Å². The lowest BCUT2D eigenvalue weighted by Gasteiger charge is -2.19. The van der Waals surface area contributed by atoms with Gasteiger partial charge in [0.25, 0.3) is 0 Å². The zero-order chi connectivity index (χ0) is 19.1. The number of hydrogen-bond donors (Lipinski definition) is 2. The second-order valence-electron chi connectivity index (χ2n) is 7.38. The van der Waals surface area contributed by atoms with Crippen LogP contribution in [0.3, 0.4) is 0 Å². The molecule has 0 spiro atoms. The van der Waals surface area contributed by atoms with Gasteiger partial charge in [-0.2, -0.15) is 5.10 Å². The highest BCUT2D eigenvalue weighted by molar-refractivity contribution is 5.94. The van der Waals surface area contributed by atoms with Crippen LogP contribution in [0.25, 0.3) is 27.8 Å². The Kier molecular flexibility index (Phi) is 4.15. The van der Waals surface area contributed by atoms with Crippen molar-refractivity contribution in [1.29, 1.82) is 0 Å². The van der Waals surface area contributed by atoms with E-state index >= 15 is 0 Å². The van der Waals surface area contributed by atoms with Gasteiger partial charge in [0.2, 0.25) is 0 Å². The van der Waals surface area contributed by atoms with Crippen molar-refractivity contribution in [3.63, 3.8) is 0 Å². The van der Waals surface area contributed by atoms with Gasteiger partial charge in [-0.25, -0.2) is 14.5 Å². The Hall–Kier alpha value is -3.09. The molecule has 0 aliphatic heterocycles. The van der Waals surface area contributed by atoms with E-state index in [1.807, 2.05) is 23.7 Å². The largest absolute Gasteiger partial charge is 0.495 e. The average Bonchev–Trinajstić information content (AvgIpc) is 3.35. The first kappa shape index (κ1) is 17.0. The molecule has 3 aromatic heterocycles. The SMILES string of the molecule is CNc1ncnn2c(C3CCCCC3)nc(-c3cc4cccc(OC)c4[nH]3)c12. The smallest absolute Gasteiger partial charge is 0.156 e. The van der Waals surface area contributed by atoms with E-state index in [0.29, 0.717) is 5.92 Å². The number of anilines is 1. The number of aromatic amines is 1. The maximum Gasteiger partial charge on any atom is 0.156 e. The van der Waals surface area contributed by atoms with Crippen molar-refractivity contribution < 1.29 is 4.74 Å². The van der Waals surface area contributed by atoms with Crippen LogP contribution in [0.5, 0.6) is 5.75 Å². The molecule has 1 saturated carbocycles. The third-order valence-electron chi connectivity index (χ3n) is 5.76. The molecule has 5 rings (SSSR count). The minimum Gasteiger partial charge on any atom is -0.495 e. The number of nitrogens with one attached hydrogen (secondary N) is 2. The zero-order valence-corrected chi connectivity index (χ0v) is 16.2. The molecule has 28 heavy (non-hydrogen) atoms. The van der Waals surface area contributed by atoms with E-state index in [2.05, 4.69) is 32.5 Å². The minimum atomic E-state index is 0.438. The molecule has 144 valence electrons. The molecular weight excluding hydrogens is 352 g/mol. The highest BCUT2D eigenvalue weighted by Gasteiger charge is 2.26. The number of benzene rings is 1.